The molecule has 2 aromatic rings. The molecule has 0 radical (unpaired) electrons. The Labute approximate surface area is 153 Å². The van der Waals surface area contributed by atoms with Gasteiger partial charge >= 0.3 is 0 Å². The summed E-state index contributed by atoms with van der Waals surface area (Å²) in [6, 6.07) is 4.41. The Morgan fingerprint density at radius 3 is 2.92 bits per heavy atom. The van der Waals surface area contributed by atoms with Crippen molar-refractivity contribution in [1.29, 1.82) is 0 Å². The summed E-state index contributed by atoms with van der Waals surface area (Å²) >= 11 is 0. The predicted molar refractivity (Wildman–Crippen MR) is 98.4 cm³/mol. The molecule has 1 atom stereocenters. The summed E-state index contributed by atoms with van der Waals surface area (Å²) < 4.78 is 18.9. The van der Waals surface area contributed by atoms with Crippen molar-refractivity contribution in [3.63, 3.8) is 0 Å². The number of aryl methyl sites for hydroxylation is 2. The normalized spacial score (nSPS) is 17.2. The smallest absolute Gasteiger partial charge is 0.167 e. The van der Waals surface area contributed by atoms with Gasteiger partial charge in [-0.1, -0.05) is 6.92 Å². The number of hydrogen-bond acceptors (Lipinski definition) is 5. The Morgan fingerprint density at radius 2 is 2.23 bits per heavy atom. The summed E-state index contributed by atoms with van der Waals surface area (Å²) in [5.41, 5.74) is 1.48. The van der Waals surface area contributed by atoms with Crippen LogP contribution in [0.1, 0.15) is 41.5 Å². The van der Waals surface area contributed by atoms with Gasteiger partial charge in [0.05, 0.1) is 7.11 Å². The summed E-state index contributed by atoms with van der Waals surface area (Å²) in [5.74, 6) is 1.08. The number of carbonyl (C=O) groups is 1. The van der Waals surface area contributed by atoms with E-state index in [-0.39, 0.29) is 17.5 Å². The van der Waals surface area contributed by atoms with Gasteiger partial charge in [-0.25, -0.2) is 14.4 Å². The SMILES string of the molecule is CCc1cnc(C)nc1N1CCC[C@H](C(=O)c2ccc(OC)c(F)c2)C1. The third-order valence-corrected chi connectivity index (χ3v) is 4.87. The Bertz CT molecular complexity index is 810. The lowest BCUT2D eigenvalue weighted by molar-refractivity contribution is 0.0906. The molecule has 0 aliphatic carbocycles. The molecule has 0 spiro atoms. The molecule has 5 nitrogen and oxygen atoms in total. The van der Waals surface area contributed by atoms with Crippen LogP contribution in [0.2, 0.25) is 0 Å². The molecule has 1 aliphatic heterocycles. The third kappa shape index (κ3) is 3.69. The lowest BCUT2D eigenvalue weighted by atomic mass is 9.89. The average Bonchev–Trinajstić information content (AvgIpc) is 2.67. The number of piperidine rings is 1. The van der Waals surface area contributed by atoms with E-state index in [1.165, 1.54) is 19.2 Å². The van der Waals surface area contributed by atoms with Crippen molar-refractivity contribution < 1.29 is 13.9 Å². The van der Waals surface area contributed by atoms with E-state index in [0.29, 0.717) is 12.1 Å². The Balaban J connectivity index is 1.81. The number of aromatic nitrogens is 2. The first-order valence-electron chi connectivity index (χ1n) is 8.98. The van der Waals surface area contributed by atoms with Gasteiger partial charge in [-0.3, -0.25) is 4.79 Å². The maximum Gasteiger partial charge on any atom is 0.167 e. The minimum atomic E-state index is -0.509. The number of ether oxygens (including phenoxy) is 1. The Morgan fingerprint density at radius 1 is 1.42 bits per heavy atom. The summed E-state index contributed by atoms with van der Waals surface area (Å²) in [6.07, 6.45) is 4.41. The quantitative estimate of drug-likeness (QED) is 0.766. The molecule has 26 heavy (non-hydrogen) atoms. The number of benzene rings is 1. The van der Waals surface area contributed by atoms with Crippen LogP contribution >= 0.6 is 0 Å². The van der Waals surface area contributed by atoms with Gasteiger partial charge in [0.1, 0.15) is 11.6 Å². The van der Waals surface area contributed by atoms with Crippen molar-refractivity contribution in [2.24, 2.45) is 5.92 Å². The number of rotatable bonds is 5. The van der Waals surface area contributed by atoms with Crippen LogP contribution in [0, 0.1) is 18.7 Å². The molecule has 0 unspecified atom stereocenters. The number of Topliss-reactive ketones (excluding diaryl/α,β-unsaturated/α-hetero) is 1. The monoisotopic (exact) mass is 357 g/mol. The lowest BCUT2D eigenvalue weighted by Gasteiger charge is -2.34. The van der Waals surface area contributed by atoms with E-state index >= 15 is 0 Å². The fourth-order valence-electron chi connectivity index (χ4n) is 3.45. The number of methoxy groups -OCH3 is 1. The second-order valence-electron chi connectivity index (χ2n) is 6.62. The molecule has 0 N–H and O–H groups in total. The van der Waals surface area contributed by atoms with Gasteiger partial charge in [0, 0.05) is 36.3 Å². The van der Waals surface area contributed by atoms with Gasteiger partial charge in [-0.15, -0.1) is 0 Å². The van der Waals surface area contributed by atoms with E-state index in [4.69, 9.17) is 4.74 Å². The van der Waals surface area contributed by atoms with Crippen molar-refractivity contribution in [3.05, 3.63) is 47.2 Å². The molecule has 1 fully saturated rings. The maximum atomic E-state index is 14.0. The zero-order chi connectivity index (χ0) is 18.7. The van der Waals surface area contributed by atoms with Crippen LogP contribution in [0.15, 0.2) is 24.4 Å². The Kier molecular flexibility index (Phi) is 5.49. The molecule has 138 valence electrons. The van der Waals surface area contributed by atoms with Crippen LogP contribution in [-0.4, -0.2) is 36.0 Å². The summed E-state index contributed by atoms with van der Waals surface area (Å²) in [4.78, 5) is 23.9. The van der Waals surface area contributed by atoms with Crippen LogP contribution in [0.3, 0.4) is 0 Å². The molecule has 2 heterocycles. The van der Waals surface area contributed by atoms with E-state index in [1.807, 2.05) is 13.1 Å². The number of ketones is 1. The lowest BCUT2D eigenvalue weighted by Crippen LogP contribution is -2.40. The molecule has 1 aromatic carbocycles. The summed E-state index contributed by atoms with van der Waals surface area (Å²) in [7, 11) is 1.41. The average molecular weight is 357 g/mol. The van der Waals surface area contributed by atoms with Crippen LogP contribution in [0.25, 0.3) is 0 Å². The van der Waals surface area contributed by atoms with Crippen LogP contribution < -0.4 is 9.64 Å². The molecule has 1 aliphatic rings. The Hall–Kier alpha value is -2.50. The zero-order valence-electron chi connectivity index (χ0n) is 15.5. The van der Waals surface area contributed by atoms with E-state index in [9.17, 15) is 9.18 Å². The van der Waals surface area contributed by atoms with Crippen molar-refractivity contribution >= 4 is 11.6 Å². The van der Waals surface area contributed by atoms with Crippen LogP contribution in [0.5, 0.6) is 5.75 Å². The van der Waals surface area contributed by atoms with Crippen LogP contribution in [-0.2, 0) is 6.42 Å². The topological polar surface area (TPSA) is 55.3 Å². The van der Waals surface area contributed by atoms with Crippen molar-refractivity contribution in [2.75, 3.05) is 25.1 Å². The number of nitrogens with zero attached hydrogens (tertiary/aromatic N) is 3. The van der Waals surface area contributed by atoms with E-state index in [0.717, 1.165) is 43.0 Å². The van der Waals surface area contributed by atoms with Crippen molar-refractivity contribution in [2.45, 2.75) is 33.1 Å². The molecule has 1 aromatic heterocycles. The fraction of sp³-hybridized carbons (Fsp3) is 0.450. The van der Waals surface area contributed by atoms with Crippen LogP contribution in [0.4, 0.5) is 10.2 Å². The van der Waals surface area contributed by atoms with E-state index in [2.05, 4.69) is 21.8 Å². The second-order valence-corrected chi connectivity index (χ2v) is 6.62. The molecular formula is C20H24FN3O2. The highest BCUT2D eigenvalue weighted by atomic mass is 19.1. The minimum absolute atomic E-state index is 0.0277. The highest BCUT2D eigenvalue weighted by molar-refractivity contribution is 5.98. The fourth-order valence-corrected chi connectivity index (χ4v) is 3.45. The standard InChI is InChI=1S/C20H24FN3O2/c1-4-14-11-22-13(2)23-20(14)24-9-5-6-16(12-24)19(25)15-7-8-18(26-3)17(21)10-15/h7-8,10-11,16H,4-6,9,12H2,1-3H3/t16-/m0/s1. The first-order chi connectivity index (χ1) is 12.5. The highest BCUT2D eigenvalue weighted by Crippen LogP contribution is 2.28. The summed E-state index contributed by atoms with van der Waals surface area (Å²) in [5, 5.41) is 0. The molecule has 1 saturated heterocycles. The van der Waals surface area contributed by atoms with Crippen molar-refractivity contribution in [1.82, 2.24) is 9.97 Å². The molecule has 3 rings (SSSR count). The molecular weight excluding hydrogens is 333 g/mol. The van der Waals surface area contributed by atoms with Gasteiger partial charge in [0.15, 0.2) is 17.3 Å². The van der Waals surface area contributed by atoms with Gasteiger partial charge in [-0.05, 0) is 44.4 Å². The summed E-state index contributed by atoms with van der Waals surface area (Å²) in [6.45, 7) is 5.40. The largest absolute Gasteiger partial charge is 0.494 e. The predicted octanol–water partition coefficient (Wildman–Crippen LogP) is 3.59. The number of halogens is 1. The van der Waals surface area contributed by atoms with E-state index in [1.54, 1.807) is 6.07 Å². The first-order valence-corrected chi connectivity index (χ1v) is 8.98. The second kappa shape index (κ2) is 7.81. The zero-order valence-corrected chi connectivity index (χ0v) is 15.5. The third-order valence-electron chi connectivity index (χ3n) is 4.87. The van der Waals surface area contributed by atoms with Gasteiger partial charge in [-0.2, -0.15) is 0 Å². The number of anilines is 1. The van der Waals surface area contributed by atoms with Gasteiger partial charge < -0.3 is 9.64 Å². The number of hydrogen-bond donors (Lipinski definition) is 0. The molecule has 6 heteroatoms. The van der Waals surface area contributed by atoms with E-state index < -0.39 is 5.82 Å². The maximum absolute atomic E-state index is 14.0. The van der Waals surface area contributed by atoms with Gasteiger partial charge in [0.2, 0.25) is 0 Å². The van der Waals surface area contributed by atoms with Crippen molar-refractivity contribution in [3.8, 4) is 5.75 Å². The highest BCUT2D eigenvalue weighted by Gasteiger charge is 2.28. The number of carbonyl (C=O) groups excluding carboxylic acids is 1. The first kappa shape index (κ1) is 18.3. The molecule has 0 bridgehead atoms. The molecule has 0 amide bonds. The minimum Gasteiger partial charge on any atom is -0.494 e. The molecule has 0 saturated carbocycles. The van der Waals surface area contributed by atoms with Gasteiger partial charge in [0.25, 0.3) is 0 Å².